The van der Waals surface area contributed by atoms with Crippen molar-refractivity contribution in [3.8, 4) is 17.4 Å². The van der Waals surface area contributed by atoms with Crippen LogP contribution < -0.4 is 20.3 Å². The van der Waals surface area contributed by atoms with E-state index in [2.05, 4.69) is 20.8 Å². The van der Waals surface area contributed by atoms with Crippen LogP contribution in [0.3, 0.4) is 0 Å². The van der Waals surface area contributed by atoms with E-state index in [1.807, 2.05) is 19.9 Å². The van der Waals surface area contributed by atoms with Crippen LogP contribution in [0.15, 0.2) is 48.8 Å². The first kappa shape index (κ1) is 20.5. The number of hydrazine groups is 1. The summed E-state index contributed by atoms with van der Waals surface area (Å²) in [5.41, 5.74) is 6.68. The van der Waals surface area contributed by atoms with E-state index in [1.54, 1.807) is 36.4 Å². The van der Waals surface area contributed by atoms with Gasteiger partial charge in [0.05, 0.1) is 12.0 Å². The van der Waals surface area contributed by atoms with Gasteiger partial charge in [-0.15, -0.1) is 0 Å². The number of nitrogens with one attached hydrogen (secondary N) is 2. The molecule has 10 nitrogen and oxygen atoms in total. The van der Waals surface area contributed by atoms with Crippen molar-refractivity contribution in [2.45, 2.75) is 13.8 Å². The lowest BCUT2D eigenvalue weighted by Gasteiger charge is -2.11. The number of carbonyl (C=O) groups is 1. The van der Waals surface area contributed by atoms with E-state index in [9.17, 15) is 14.9 Å². The van der Waals surface area contributed by atoms with E-state index in [0.717, 1.165) is 17.5 Å². The highest BCUT2D eigenvalue weighted by molar-refractivity contribution is 5.95. The highest BCUT2D eigenvalue weighted by atomic mass is 16.6. The minimum absolute atomic E-state index is 0.212. The minimum atomic E-state index is -0.682. The van der Waals surface area contributed by atoms with Crippen molar-refractivity contribution in [2.75, 3.05) is 12.5 Å². The molecule has 154 valence electrons. The molecule has 0 bridgehead atoms. The van der Waals surface area contributed by atoms with E-state index >= 15 is 0 Å². The summed E-state index contributed by atoms with van der Waals surface area (Å²) in [4.78, 5) is 30.9. The Labute approximate surface area is 172 Å². The molecule has 10 heteroatoms. The summed E-state index contributed by atoms with van der Waals surface area (Å²) in [5.74, 6) is 0.0181. The fraction of sp³-hybridized carbons (Fsp3) is 0.150. The summed E-state index contributed by atoms with van der Waals surface area (Å²) >= 11 is 0. The number of amides is 1. The van der Waals surface area contributed by atoms with Gasteiger partial charge in [0.1, 0.15) is 17.8 Å². The van der Waals surface area contributed by atoms with Crippen molar-refractivity contribution in [2.24, 2.45) is 0 Å². The first-order chi connectivity index (χ1) is 14.4. The molecule has 0 fully saturated rings. The van der Waals surface area contributed by atoms with Crippen molar-refractivity contribution >= 4 is 17.4 Å². The third-order valence-electron chi connectivity index (χ3n) is 4.31. The number of aromatic nitrogens is 2. The molecule has 0 radical (unpaired) electrons. The van der Waals surface area contributed by atoms with Gasteiger partial charge in [0.25, 0.3) is 5.91 Å². The van der Waals surface area contributed by atoms with Crippen molar-refractivity contribution < 1.29 is 19.2 Å². The quantitative estimate of drug-likeness (QED) is 0.448. The Kier molecular flexibility index (Phi) is 6.06. The topological polar surface area (TPSA) is 129 Å². The van der Waals surface area contributed by atoms with E-state index in [1.165, 1.54) is 7.11 Å². The zero-order valence-electron chi connectivity index (χ0n) is 16.5. The van der Waals surface area contributed by atoms with Gasteiger partial charge >= 0.3 is 11.6 Å². The number of hydrogen-bond acceptors (Lipinski definition) is 8. The number of carbonyl (C=O) groups excluding carboxylic acids is 1. The maximum absolute atomic E-state index is 12.3. The van der Waals surface area contributed by atoms with Crippen LogP contribution in [-0.2, 0) is 0 Å². The first-order valence-electron chi connectivity index (χ1n) is 8.84. The van der Waals surface area contributed by atoms with E-state index < -0.39 is 16.5 Å². The summed E-state index contributed by atoms with van der Waals surface area (Å²) in [6, 6.07) is 11.6. The predicted molar refractivity (Wildman–Crippen MR) is 109 cm³/mol. The van der Waals surface area contributed by atoms with Gasteiger partial charge in [0, 0.05) is 5.56 Å². The summed E-state index contributed by atoms with van der Waals surface area (Å²) < 4.78 is 10.6. The number of anilines is 1. The van der Waals surface area contributed by atoms with Crippen molar-refractivity contribution in [1.82, 2.24) is 15.4 Å². The third kappa shape index (κ3) is 4.61. The zero-order chi connectivity index (χ0) is 21.7. The average molecular weight is 409 g/mol. The maximum atomic E-state index is 12.3. The molecule has 1 amide bonds. The first-order valence-corrected chi connectivity index (χ1v) is 8.84. The number of aryl methyl sites for hydroxylation is 2. The summed E-state index contributed by atoms with van der Waals surface area (Å²) in [6.45, 7) is 3.85. The second kappa shape index (κ2) is 8.86. The highest BCUT2D eigenvalue weighted by Crippen LogP contribution is 2.34. The lowest BCUT2D eigenvalue weighted by Crippen LogP contribution is -2.30. The molecule has 0 unspecified atom stereocenters. The normalized spacial score (nSPS) is 10.2. The standard InChI is InChI=1S/C20H19N5O5/c1-12-4-7-16(10-13(12)2)30-20-17(25(27)28)18(21-11-22-20)23-24-19(26)14-5-8-15(29-3)9-6-14/h4-11H,1-3H3,(H,24,26)(H,21,22,23). The van der Waals surface area contributed by atoms with E-state index in [-0.39, 0.29) is 11.7 Å². The molecular formula is C20H19N5O5. The van der Waals surface area contributed by atoms with Crippen LogP contribution in [-0.4, -0.2) is 27.9 Å². The molecule has 0 atom stereocenters. The molecule has 0 aliphatic rings. The van der Waals surface area contributed by atoms with Crippen LogP contribution in [0.2, 0.25) is 0 Å². The van der Waals surface area contributed by atoms with Gasteiger partial charge in [0.2, 0.25) is 5.82 Å². The molecule has 1 heterocycles. The molecular weight excluding hydrogens is 390 g/mol. The monoisotopic (exact) mass is 409 g/mol. The average Bonchev–Trinajstić information content (AvgIpc) is 2.74. The fourth-order valence-corrected chi connectivity index (χ4v) is 2.51. The van der Waals surface area contributed by atoms with Crippen LogP contribution in [0.25, 0.3) is 0 Å². The molecule has 3 aromatic rings. The van der Waals surface area contributed by atoms with Crippen LogP contribution in [0.5, 0.6) is 17.4 Å². The number of benzene rings is 2. The van der Waals surface area contributed by atoms with Crippen molar-refractivity contribution in [3.05, 3.63) is 75.6 Å². The highest BCUT2D eigenvalue weighted by Gasteiger charge is 2.25. The van der Waals surface area contributed by atoms with Gasteiger partial charge in [-0.1, -0.05) is 6.07 Å². The Morgan fingerprint density at radius 2 is 1.73 bits per heavy atom. The lowest BCUT2D eigenvalue weighted by atomic mass is 10.1. The predicted octanol–water partition coefficient (Wildman–Crippen LogP) is 3.56. The molecule has 2 aromatic carbocycles. The Balaban J connectivity index is 1.80. The fourth-order valence-electron chi connectivity index (χ4n) is 2.51. The maximum Gasteiger partial charge on any atom is 0.374 e. The number of nitro groups is 1. The van der Waals surface area contributed by atoms with E-state index in [4.69, 9.17) is 9.47 Å². The molecule has 0 aliphatic heterocycles. The molecule has 0 aliphatic carbocycles. The lowest BCUT2D eigenvalue weighted by molar-refractivity contribution is -0.385. The van der Waals surface area contributed by atoms with Crippen LogP contribution in [0, 0.1) is 24.0 Å². The van der Waals surface area contributed by atoms with Gasteiger partial charge in [-0.05, 0) is 61.4 Å². The number of methoxy groups -OCH3 is 1. The van der Waals surface area contributed by atoms with Gasteiger partial charge in [0.15, 0.2) is 0 Å². The largest absolute Gasteiger partial charge is 0.497 e. The Hall–Kier alpha value is -4.21. The molecule has 0 saturated carbocycles. The number of rotatable bonds is 7. The van der Waals surface area contributed by atoms with Crippen molar-refractivity contribution in [1.29, 1.82) is 0 Å². The molecule has 30 heavy (non-hydrogen) atoms. The molecule has 1 aromatic heterocycles. The molecule has 0 spiro atoms. The summed E-state index contributed by atoms with van der Waals surface area (Å²) in [7, 11) is 1.52. The second-order valence-corrected chi connectivity index (χ2v) is 6.29. The Bertz CT molecular complexity index is 1090. The zero-order valence-corrected chi connectivity index (χ0v) is 16.5. The van der Waals surface area contributed by atoms with Crippen LogP contribution >= 0.6 is 0 Å². The molecule has 0 saturated heterocycles. The van der Waals surface area contributed by atoms with Gasteiger partial charge in [-0.3, -0.25) is 25.8 Å². The summed E-state index contributed by atoms with van der Waals surface area (Å²) in [6.07, 6.45) is 1.10. The Morgan fingerprint density at radius 1 is 1.03 bits per heavy atom. The van der Waals surface area contributed by atoms with E-state index in [0.29, 0.717) is 17.1 Å². The Morgan fingerprint density at radius 3 is 2.37 bits per heavy atom. The van der Waals surface area contributed by atoms with Gasteiger partial charge in [-0.2, -0.15) is 4.98 Å². The second-order valence-electron chi connectivity index (χ2n) is 6.29. The summed E-state index contributed by atoms with van der Waals surface area (Å²) in [5, 5.41) is 11.6. The molecule has 2 N–H and O–H groups in total. The third-order valence-corrected chi connectivity index (χ3v) is 4.31. The smallest absolute Gasteiger partial charge is 0.374 e. The van der Waals surface area contributed by atoms with Gasteiger partial charge in [-0.25, -0.2) is 4.98 Å². The SMILES string of the molecule is COc1ccc(C(=O)NNc2ncnc(Oc3ccc(C)c(C)c3)c2[N+](=O)[O-])cc1. The number of hydrogen-bond donors (Lipinski definition) is 2. The van der Waals surface area contributed by atoms with Gasteiger partial charge < -0.3 is 9.47 Å². The van der Waals surface area contributed by atoms with Crippen LogP contribution in [0.4, 0.5) is 11.5 Å². The minimum Gasteiger partial charge on any atom is -0.497 e. The number of nitrogens with zero attached hydrogens (tertiary/aromatic N) is 3. The number of ether oxygens (including phenoxy) is 2. The molecule has 3 rings (SSSR count). The van der Waals surface area contributed by atoms with Crippen LogP contribution in [0.1, 0.15) is 21.5 Å². The van der Waals surface area contributed by atoms with Crippen molar-refractivity contribution in [3.63, 3.8) is 0 Å².